The highest BCUT2D eigenvalue weighted by molar-refractivity contribution is 5.94. The van der Waals surface area contributed by atoms with Crippen molar-refractivity contribution in [1.29, 1.82) is 0 Å². The van der Waals surface area contributed by atoms with Gasteiger partial charge in [0.1, 0.15) is 5.69 Å². The lowest BCUT2D eigenvalue weighted by atomic mass is 10.1. The van der Waals surface area contributed by atoms with Crippen molar-refractivity contribution in [3.8, 4) is 0 Å². The zero-order chi connectivity index (χ0) is 21.4. The second-order valence-electron chi connectivity index (χ2n) is 8.80. The van der Waals surface area contributed by atoms with E-state index in [0.717, 1.165) is 41.7 Å². The number of nitrogens with one attached hydrogen (secondary N) is 1. The molecule has 1 aromatic heterocycles. The van der Waals surface area contributed by atoms with Crippen molar-refractivity contribution in [2.24, 2.45) is 0 Å². The fraction of sp³-hybridized carbons (Fsp3) is 0.400. The Kier molecular flexibility index (Phi) is 5.32. The predicted octanol–water partition coefficient (Wildman–Crippen LogP) is 3.86. The van der Waals surface area contributed by atoms with E-state index < -0.39 is 0 Å². The van der Waals surface area contributed by atoms with Crippen LogP contribution in [0, 0.1) is 6.92 Å². The topological polar surface area (TPSA) is 61.4 Å². The maximum absolute atomic E-state index is 13.7. The molecule has 1 fully saturated rings. The van der Waals surface area contributed by atoms with Crippen molar-refractivity contribution in [2.75, 3.05) is 25.5 Å². The molecule has 0 radical (unpaired) electrons. The number of benzene rings is 2. The van der Waals surface area contributed by atoms with Crippen LogP contribution in [0.5, 0.6) is 0 Å². The number of amides is 1. The summed E-state index contributed by atoms with van der Waals surface area (Å²) < 4.78 is 0. The third-order valence-electron chi connectivity index (χ3n) is 6.87. The van der Waals surface area contributed by atoms with Gasteiger partial charge in [-0.2, -0.15) is 0 Å². The standard InChI is InChI=1S/C25H29N5O/c1-17-6-5-7-18-15-30(16-20-11-10-19(29(20)2)12-13-26-24(17)18)25(31)23-14-27-21-8-3-4-9-22(21)28-23/h3-9,14,19-20,26H,10-13,15-16H2,1-2H3. The van der Waals surface area contributed by atoms with Gasteiger partial charge >= 0.3 is 0 Å². The molecule has 0 aliphatic carbocycles. The van der Waals surface area contributed by atoms with E-state index >= 15 is 0 Å². The molecule has 3 aromatic rings. The highest BCUT2D eigenvalue weighted by Crippen LogP contribution is 2.29. The highest BCUT2D eigenvalue weighted by Gasteiger charge is 2.33. The summed E-state index contributed by atoms with van der Waals surface area (Å²) in [5.74, 6) is -0.0539. The van der Waals surface area contributed by atoms with Crippen LogP contribution < -0.4 is 5.32 Å². The molecule has 0 spiro atoms. The van der Waals surface area contributed by atoms with Gasteiger partial charge < -0.3 is 10.2 Å². The van der Waals surface area contributed by atoms with E-state index in [2.05, 4.69) is 52.4 Å². The molecule has 6 heteroatoms. The maximum Gasteiger partial charge on any atom is 0.274 e. The fourth-order valence-electron chi connectivity index (χ4n) is 5.04. The number of aromatic nitrogens is 2. The second-order valence-corrected chi connectivity index (χ2v) is 8.80. The summed E-state index contributed by atoms with van der Waals surface area (Å²) in [5, 5.41) is 3.66. The predicted molar refractivity (Wildman–Crippen MR) is 123 cm³/mol. The van der Waals surface area contributed by atoms with Crippen LogP contribution in [-0.4, -0.2) is 57.9 Å². The van der Waals surface area contributed by atoms with E-state index in [4.69, 9.17) is 0 Å². The monoisotopic (exact) mass is 415 g/mol. The normalized spacial score (nSPS) is 21.9. The minimum atomic E-state index is -0.0539. The number of hydrogen-bond acceptors (Lipinski definition) is 5. The van der Waals surface area contributed by atoms with Gasteiger partial charge in [0, 0.05) is 37.4 Å². The molecular formula is C25H29N5O. The van der Waals surface area contributed by atoms with E-state index in [1.165, 1.54) is 12.0 Å². The number of likely N-dealkylation sites (N-methyl/N-ethyl adjacent to an activating group) is 1. The van der Waals surface area contributed by atoms with Crippen molar-refractivity contribution in [1.82, 2.24) is 19.8 Å². The Hall–Kier alpha value is -2.99. The number of fused-ring (bicyclic) bond motifs is 4. The van der Waals surface area contributed by atoms with Crippen LogP contribution >= 0.6 is 0 Å². The molecule has 3 heterocycles. The van der Waals surface area contributed by atoms with E-state index in [-0.39, 0.29) is 5.91 Å². The molecule has 2 unspecified atom stereocenters. The number of anilines is 1. The van der Waals surface area contributed by atoms with Gasteiger partial charge in [-0.05, 0) is 56.5 Å². The summed E-state index contributed by atoms with van der Waals surface area (Å²) in [6.45, 7) is 4.34. The van der Waals surface area contributed by atoms with Gasteiger partial charge in [0.05, 0.1) is 17.2 Å². The van der Waals surface area contributed by atoms with E-state index in [1.807, 2.05) is 29.2 Å². The molecule has 1 saturated heterocycles. The number of rotatable bonds is 1. The number of carbonyl (C=O) groups excluding carboxylic acids is 1. The van der Waals surface area contributed by atoms with Crippen molar-refractivity contribution >= 4 is 22.6 Å². The summed E-state index contributed by atoms with van der Waals surface area (Å²) in [7, 11) is 2.21. The number of aryl methyl sites for hydroxylation is 1. The smallest absolute Gasteiger partial charge is 0.274 e. The van der Waals surface area contributed by atoms with E-state index in [0.29, 0.717) is 30.9 Å². The summed E-state index contributed by atoms with van der Waals surface area (Å²) in [6, 6.07) is 14.9. The summed E-state index contributed by atoms with van der Waals surface area (Å²) in [6.07, 6.45) is 5.04. The summed E-state index contributed by atoms with van der Waals surface area (Å²) in [4.78, 5) is 27.2. The van der Waals surface area contributed by atoms with E-state index in [1.54, 1.807) is 6.20 Å². The zero-order valence-corrected chi connectivity index (χ0v) is 18.2. The van der Waals surface area contributed by atoms with Crippen molar-refractivity contribution in [2.45, 2.75) is 44.8 Å². The number of para-hydroxylation sites is 3. The minimum Gasteiger partial charge on any atom is -0.384 e. The molecule has 2 aliphatic heterocycles. The zero-order valence-electron chi connectivity index (χ0n) is 18.2. The molecule has 31 heavy (non-hydrogen) atoms. The first-order valence-electron chi connectivity index (χ1n) is 11.2. The highest BCUT2D eigenvalue weighted by atomic mass is 16.2. The molecule has 2 bridgehead atoms. The average molecular weight is 416 g/mol. The maximum atomic E-state index is 13.7. The van der Waals surface area contributed by atoms with Gasteiger partial charge in [-0.1, -0.05) is 30.3 Å². The Labute approximate surface area is 183 Å². The largest absolute Gasteiger partial charge is 0.384 e. The first-order chi connectivity index (χ1) is 15.1. The van der Waals surface area contributed by atoms with Gasteiger partial charge in [-0.15, -0.1) is 0 Å². The fourth-order valence-corrected chi connectivity index (χ4v) is 5.04. The minimum absolute atomic E-state index is 0.0539. The van der Waals surface area contributed by atoms with Crippen LogP contribution in [0.4, 0.5) is 5.69 Å². The molecule has 160 valence electrons. The SMILES string of the molecule is Cc1cccc2c1NCCC1CCC(CN(C(=O)c3cnc4ccccc4n3)C2)N1C. The second kappa shape index (κ2) is 8.27. The summed E-state index contributed by atoms with van der Waals surface area (Å²) >= 11 is 0. The molecule has 2 atom stereocenters. The van der Waals surface area contributed by atoms with Gasteiger partial charge in [-0.25, -0.2) is 4.98 Å². The first-order valence-corrected chi connectivity index (χ1v) is 11.2. The van der Waals surface area contributed by atoms with Crippen LogP contribution in [-0.2, 0) is 6.54 Å². The lowest BCUT2D eigenvalue weighted by Gasteiger charge is -2.31. The molecule has 2 aliphatic rings. The number of carbonyl (C=O) groups is 1. The Bertz CT molecular complexity index is 1110. The van der Waals surface area contributed by atoms with Crippen molar-refractivity contribution < 1.29 is 4.79 Å². The molecule has 2 aromatic carbocycles. The van der Waals surface area contributed by atoms with Crippen LogP contribution in [0.25, 0.3) is 11.0 Å². The Morgan fingerprint density at radius 3 is 2.71 bits per heavy atom. The van der Waals surface area contributed by atoms with Crippen LogP contribution in [0.1, 0.15) is 40.9 Å². The van der Waals surface area contributed by atoms with Crippen molar-refractivity contribution in [3.05, 3.63) is 65.5 Å². The molecule has 0 saturated carbocycles. The Morgan fingerprint density at radius 1 is 1.03 bits per heavy atom. The number of hydrogen-bond donors (Lipinski definition) is 1. The molecule has 1 amide bonds. The van der Waals surface area contributed by atoms with Gasteiger partial charge in [0.15, 0.2) is 0 Å². The average Bonchev–Trinajstić information content (AvgIpc) is 3.11. The lowest BCUT2D eigenvalue weighted by Crippen LogP contribution is -2.43. The third-order valence-corrected chi connectivity index (χ3v) is 6.87. The third kappa shape index (κ3) is 3.88. The van der Waals surface area contributed by atoms with E-state index in [9.17, 15) is 4.79 Å². The van der Waals surface area contributed by atoms with Gasteiger partial charge in [-0.3, -0.25) is 14.7 Å². The molecule has 6 nitrogen and oxygen atoms in total. The molecule has 5 rings (SSSR count). The van der Waals surface area contributed by atoms with Crippen LogP contribution in [0.2, 0.25) is 0 Å². The molecular weight excluding hydrogens is 386 g/mol. The number of nitrogens with zero attached hydrogens (tertiary/aromatic N) is 4. The summed E-state index contributed by atoms with van der Waals surface area (Å²) in [5.41, 5.74) is 5.50. The van der Waals surface area contributed by atoms with Gasteiger partial charge in [0.25, 0.3) is 5.91 Å². The quantitative estimate of drug-likeness (QED) is 0.654. The lowest BCUT2D eigenvalue weighted by molar-refractivity contribution is 0.0683. The Balaban J connectivity index is 1.52. The molecule has 1 N–H and O–H groups in total. The first kappa shape index (κ1) is 19.9. The Morgan fingerprint density at radius 2 is 1.84 bits per heavy atom. The van der Waals surface area contributed by atoms with Crippen molar-refractivity contribution in [3.63, 3.8) is 0 Å². The van der Waals surface area contributed by atoms with Crippen LogP contribution in [0.15, 0.2) is 48.7 Å². The van der Waals surface area contributed by atoms with Gasteiger partial charge in [0.2, 0.25) is 0 Å². The van der Waals surface area contributed by atoms with Crippen LogP contribution in [0.3, 0.4) is 0 Å².